The van der Waals surface area contributed by atoms with Crippen molar-refractivity contribution in [3.8, 4) is 5.75 Å². The van der Waals surface area contributed by atoms with E-state index in [-0.39, 0.29) is 17.7 Å². The minimum atomic E-state index is -1.01. The van der Waals surface area contributed by atoms with Crippen molar-refractivity contribution in [2.45, 2.75) is 19.3 Å². The number of pyridine rings is 1. The number of nitrogens with zero attached hydrogens (tertiary/aromatic N) is 1. The van der Waals surface area contributed by atoms with E-state index in [9.17, 15) is 18.4 Å². The van der Waals surface area contributed by atoms with Crippen LogP contribution < -0.4 is 10.3 Å². The van der Waals surface area contributed by atoms with Crippen LogP contribution in [0.1, 0.15) is 29.2 Å². The average molecular weight is 305 g/mol. The summed E-state index contributed by atoms with van der Waals surface area (Å²) in [6.07, 6.45) is -0.0869. The molecule has 4 nitrogen and oxygen atoms in total. The molecule has 0 spiro atoms. The average Bonchev–Trinajstić information content (AvgIpc) is 2.46. The lowest BCUT2D eigenvalue weighted by atomic mass is 9.87. The number of rotatable bonds is 1. The van der Waals surface area contributed by atoms with E-state index in [2.05, 4.69) is 0 Å². The smallest absolute Gasteiger partial charge is 0.312 e. The number of esters is 1. The van der Waals surface area contributed by atoms with Gasteiger partial charge in [-0.1, -0.05) is 6.07 Å². The third-order valence-corrected chi connectivity index (χ3v) is 3.96. The van der Waals surface area contributed by atoms with Crippen molar-refractivity contribution in [1.82, 2.24) is 4.57 Å². The Bertz CT molecular complexity index is 842. The number of fused-ring (bicyclic) bond motifs is 1. The number of carbonyl (C=O) groups is 1. The number of hydrogen-bond donors (Lipinski definition) is 0. The molecule has 0 bridgehead atoms. The van der Waals surface area contributed by atoms with Gasteiger partial charge in [-0.15, -0.1) is 0 Å². The van der Waals surface area contributed by atoms with Gasteiger partial charge in [0.2, 0.25) is 0 Å². The Morgan fingerprint density at radius 2 is 1.91 bits per heavy atom. The summed E-state index contributed by atoms with van der Waals surface area (Å²) in [5, 5.41) is 0. The Balaban J connectivity index is 2.23. The first-order valence-electron chi connectivity index (χ1n) is 6.74. The van der Waals surface area contributed by atoms with Crippen molar-refractivity contribution in [2.75, 3.05) is 0 Å². The molecule has 1 aromatic heterocycles. The highest BCUT2D eigenvalue weighted by Gasteiger charge is 2.32. The fourth-order valence-corrected chi connectivity index (χ4v) is 2.66. The fourth-order valence-electron chi connectivity index (χ4n) is 2.66. The van der Waals surface area contributed by atoms with Crippen LogP contribution in [-0.2, 0) is 11.8 Å². The molecule has 0 saturated carbocycles. The summed E-state index contributed by atoms with van der Waals surface area (Å²) in [7, 11) is 1.61. The van der Waals surface area contributed by atoms with Crippen LogP contribution in [-0.4, -0.2) is 10.5 Å². The zero-order valence-corrected chi connectivity index (χ0v) is 12.0. The normalized spacial score (nSPS) is 17.1. The lowest BCUT2D eigenvalue weighted by Crippen LogP contribution is -2.32. The number of benzene rings is 1. The van der Waals surface area contributed by atoms with E-state index in [1.165, 1.54) is 10.6 Å². The van der Waals surface area contributed by atoms with Gasteiger partial charge in [-0.3, -0.25) is 9.59 Å². The van der Waals surface area contributed by atoms with E-state index in [0.29, 0.717) is 16.8 Å². The standard InChI is InChI=1S/C16H13F2NO3/c1-8-5-13-15(16(21)19(8)2)10(7-14(20)22-13)9-3-4-11(17)12(18)6-9/h3-6,10H,7H2,1-2H3/t10-/m0/s1. The molecule has 2 aromatic rings. The molecule has 0 saturated heterocycles. The molecular weight excluding hydrogens is 292 g/mol. The van der Waals surface area contributed by atoms with Crippen molar-refractivity contribution in [2.24, 2.45) is 7.05 Å². The number of hydrogen-bond acceptors (Lipinski definition) is 3. The second kappa shape index (κ2) is 5.05. The molecule has 0 aliphatic carbocycles. The maximum atomic E-state index is 13.5. The van der Waals surface area contributed by atoms with Gasteiger partial charge in [0.1, 0.15) is 5.75 Å². The lowest BCUT2D eigenvalue weighted by molar-refractivity contribution is -0.135. The van der Waals surface area contributed by atoms with Crippen LogP contribution in [0.4, 0.5) is 8.78 Å². The van der Waals surface area contributed by atoms with E-state index in [1.807, 2.05) is 0 Å². The summed E-state index contributed by atoms with van der Waals surface area (Å²) >= 11 is 0. The summed E-state index contributed by atoms with van der Waals surface area (Å²) in [4.78, 5) is 24.3. The predicted octanol–water partition coefficient (Wildman–Crippen LogP) is 2.41. The Morgan fingerprint density at radius 3 is 2.59 bits per heavy atom. The summed E-state index contributed by atoms with van der Waals surface area (Å²) in [6, 6.07) is 4.98. The van der Waals surface area contributed by atoms with Crippen LogP contribution in [0.3, 0.4) is 0 Å². The molecule has 2 heterocycles. The molecular formula is C16H13F2NO3. The van der Waals surface area contributed by atoms with Gasteiger partial charge >= 0.3 is 5.97 Å². The van der Waals surface area contributed by atoms with Gasteiger partial charge in [0.15, 0.2) is 11.6 Å². The summed E-state index contributed by atoms with van der Waals surface area (Å²) in [5.41, 5.74) is 0.996. The molecule has 0 unspecified atom stereocenters. The molecule has 22 heavy (non-hydrogen) atoms. The van der Waals surface area contributed by atoms with E-state index in [1.54, 1.807) is 20.0 Å². The van der Waals surface area contributed by atoms with Crippen molar-refractivity contribution in [3.05, 3.63) is 63.1 Å². The minimum absolute atomic E-state index is 0.0869. The van der Waals surface area contributed by atoms with Crippen molar-refractivity contribution in [1.29, 1.82) is 0 Å². The molecule has 0 radical (unpaired) electrons. The van der Waals surface area contributed by atoms with Crippen LogP contribution >= 0.6 is 0 Å². The van der Waals surface area contributed by atoms with Crippen LogP contribution in [0.15, 0.2) is 29.1 Å². The monoisotopic (exact) mass is 305 g/mol. The highest BCUT2D eigenvalue weighted by atomic mass is 19.2. The van der Waals surface area contributed by atoms with Crippen LogP contribution in [0.5, 0.6) is 5.75 Å². The molecule has 1 aliphatic heterocycles. The maximum Gasteiger partial charge on any atom is 0.312 e. The van der Waals surface area contributed by atoms with Crippen molar-refractivity contribution in [3.63, 3.8) is 0 Å². The van der Waals surface area contributed by atoms with E-state index >= 15 is 0 Å². The zero-order valence-electron chi connectivity index (χ0n) is 12.0. The largest absolute Gasteiger partial charge is 0.426 e. The number of aromatic nitrogens is 1. The van der Waals surface area contributed by atoms with Gasteiger partial charge in [0.05, 0.1) is 12.0 Å². The number of halogens is 2. The molecule has 1 atom stereocenters. The Kier molecular flexibility index (Phi) is 3.31. The number of ether oxygens (including phenoxy) is 1. The first kappa shape index (κ1) is 14.4. The fraction of sp³-hybridized carbons (Fsp3) is 0.250. The molecule has 1 aliphatic rings. The highest BCUT2D eigenvalue weighted by molar-refractivity contribution is 5.77. The van der Waals surface area contributed by atoms with Crippen LogP contribution in [0, 0.1) is 18.6 Å². The van der Waals surface area contributed by atoms with Gasteiger partial charge in [-0.25, -0.2) is 8.78 Å². The minimum Gasteiger partial charge on any atom is -0.426 e. The summed E-state index contributed by atoms with van der Waals surface area (Å²) in [6.45, 7) is 1.72. The third kappa shape index (κ3) is 2.20. The molecule has 0 N–H and O–H groups in total. The lowest BCUT2D eigenvalue weighted by Gasteiger charge is -2.25. The molecule has 0 amide bonds. The van der Waals surface area contributed by atoms with Crippen molar-refractivity contribution < 1.29 is 18.3 Å². The Labute approximate surface area is 125 Å². The van der Waals surface area contributed by atoms with Gasteiger partial charge in [-0.05, 0) is 24.6 Å². The predicted molar refractivity (Wildman–Crippen MR) is 74.9 cm³/mol. The second-order valence-electron chi connectivity index (χ2n) is 5.33. The van der Waals surface area contributed by atoms with Gasteiger partial charge in [0.25, 0.3) is 5.56 Å². The quantitative estimate of drug-likeness (QED) is 0.760. The van der Waals surface area contributed by atoms with E-state index < -0.39 is 23.5 Å². The van der Waals surface area contributed by atoms with Crippen LogP contribution in [0.25, 0.3) is 0 Å². The highest BCUT2D eigenvalue weighted by Crippen LogP contribution is 2.37. The molecule has 6 heteroatoms. The van der Waals surface area contributed by atoms with Gasteiger partial charge in [-0.2, -0.15) is 0 Å². The SMILES string of the molecule is Cc1cc2c(c(=O)n1C)[C@H](c1ccc(F)c(F)c1)CC(=O)O2. The van der Waals surface area contributed by atoms with E-state index in [0.717, 1.165) is 12.1 Å². The molecule has 3 rings (SSSR count). The first-order valence-corrected chi connectivity index (χ1v) is 6.74. The zero-order chi connectivity index (χ0) is 16.0. The number of aryl methyl sites for hydroxylation is 1. The molecule has 0 fully saturated rings. The van der Waals surface area contributed by atoms with Gasteiger partial charge in [0, 0.05) is 24.7 Å². The Morgan fingerprint density at radius 1 is 1.18 bits per heavy atom. The first-order chi connectivity index (χ1) is 10.4. The second-order valence-corrected chi connectivity index (χ2v) is 5.33. The maximum absolute atomic E-state index is 13.5. The molecule has 1 aromatic carbocycles. The van der Waals surface area contributed by atoms with Crippen molar-refractivity contribution >= 4 is 5.97 Å². The number of carbonyl (C=O) groups excluding carboxylic acids is 1. The van der Waals surface area contributed by atoms with Gasteiger partial charge < -0.3 is 9.30 Å². The topological polar surface area (TPSA) is 48.3 Å². The summed E-state index contributed by atoms with van der Waals surface area (Å²) < 4.78 is 33.1. The third-order valence-electron chi connectivity index (χ3n) is 3.96. The van der Waals surface area contributed by atoms with E-state index in [4.69, 9.17) is 4.74 Å². The molecule has 114 valence electrons. The summed E-state index contributed by atoms with van der Waals surface area (Å²) in [5.74, 6) is -2.95. The Hall–Kier alpha value is -2.50. The van der Waals surface area contributed by atoms with Crippen LogP contribution in [0.2, 0.25) is 0 Å².